The van der Waals surface area contributed by atoms with Crippen LogP contribution >= 0.6 is 15.9 Å². The molecule has 0 spiro atoms. The number of nitrogens with zero attached hydrogens (tertiary/aromatic N) is 1. The Balaban J connectivity index is 1.90. The molecule has 0 amide bonds. The topological polar surface area (TPSA) is 3.24 Å². The van der Waals surface area contributed by atoms with Crippen molar-refractivity contribution in [2.75, 3.05) is 7.05 Å². The Labute approximate surface area is 107 Å². The molecule has 1 aliphatic carbocycles. The highest BCUT2D eigenvalue weighted by atomic mass is 79.9. The molecule has 88 valence electrons. The van der Waals surface area contributed by atoms with Gasteiger partial charge in [0.25, 0.3) is 0 Å². The Morgan fingerprint density at radius 2 is 1.75 bits per heavy atom. The van der Waals surface area contributed by atoms with Crippen LogP contribution in [-0.4, -0.2) is 18.0 Å². The standard InChI is InChI=1S/C14H20BrN/c1-16(14-5-3-2-4-6-14)11-12-7-9-13(15)10-8-12/h7-10,14H,2-6,11H2,1H3. The molecule has 1 saturated carbocycles. The lowest BCUT2D eigenvalue weighted by molar-refractivity contribution is 0.184. The lowest BCUT2D eigenvalue weighted by Crippen LogP contribution is -2.32. The van der Waals surface area contributed by atoms with Gasteiger partial charge in [0.1, 0.15) is 0 Å². The first-order valence-electron chi connectivity index (χ1n) is 6.20. The van der Waals surface area contributed by atoms with E-state index >= 15 is 0 Å². The van der Waals surface area contributed by atoms with Gasteiger partial charge >= 0.3 is 0 Å². The molecule has 1 fully saturated rings. The van der Waals surface area contributed by atoms with Gasteiger partial charge in [-0.1, -0.05) is 47.3 Å². The van der Waals surface area contributed by atoms with Crippen molar-refractivity contribution in [1.82, 2.24) is 4.90 Å². The van der Waals surface area contributed by atoms with E-state index in [-0.39, 0.29) is 0 Å². The molecule has 0 unspecified atom stereocenters. The van der Waals surface area contributed by atoms with Crippen LogP contribution in [0.5, 0.6) is 0 Å². The fourth-order valence-corrected chi connectivity index (χ4v) is 2.79. The third-order valence-corrected chi connectivity index (χ3v) is 4.07. The highest BCUT2D eigenvalue weighted by Gasteiger charge is 2.17. The molecule has 0 bridgehead atoms. The van der Waals surface area contributed by atoms with E-state index in [4.69, 9.17) is 0 Å². The molecular formula is C14H20BrN. The zero-order valence-electron chi connectivity index (χ0n) is 9.95. The first-order chi connectivity index (χ1) is 7.75. The van der Waals surface area contributed by atoms with Gasteiger partial charge in [-0.15, -0.1) is 0 Å². The lowest BCUT2D eigenvalue weighted by Gasteiger charge is -2.31. The number of rotatable bonds is 3. The minimum absolute atomic E-state index is 0.803. The monoisotopic (exact) mass is 281 g/mol. The van der Waals surface area contributed by atoms with Gasteiger partial charge in [-0.05, 0) is 37.6 Å². The van der Waals surface area contributed by atoms with Crippen molar-refractivity contribution in [3.63, 3.8) is 0 Å². The highest BCUT2D eigenvalue weighted by molar-refractivity contribution is 9.10. The van der Waals surface area contributed by atoms with Crippen LogP contribution in [0, 0.1) is 0 Å². The molecule has 0 saturated heterocycles. The molecule has 1 aromatic carbocycles. The summed E-state index contributed by atoms with van der Waals surface area (Å²) in [6, 6.07) is 9.48. The normalized spacial score (nSPS) is 17.9. The van der Waals surface area contributed by atoms with Gasteiger partial charge in [-0.2, -0.15) is 0 Å². The van der Waals surface area contributed by atoms with Gasteiger partial charge in [-0.3, -0.25) is 4.90 Å². The first-order valence-corrected chi connectivity index (χ1v) is 7.00. The summed E-state index contributed by atoms with van der Waals surface area (Å²) in [5.74, 6) is 0. The maximum Gasteiger partial charge on any atom is 0.0233 e. The minimum Gasteiger partial charge on any atom is -0.299 e. The second-order valence-corrected chi connectivity index (χ2v) is 5.75. The van der Waals surface area contributed by atoms with Crippen molar-refractivity contribution in [1.29, 1.82) is 0 Å². The zero-order chi connectivity index (χ0) is 11.4. The fraction of sp³-hybridized carbons (Fsp3) is 0.571. The summed E-state index contributed by atoms with van der Waals surface area (Å²) >= 11 is 3.47. The van der Waals surface area contributed by atoms with E-state index in [0.29, 0.717) is 0 Å². The average molecular weight is 282 g/mol. The molecule has 1 aromatic rings. The van der Waals surface area contributed by atoms with Crippen LogP contribution in [0.25, 0.3) is 0 Å². The maximum absolute atomic E-state index is 3.47. The highest BCUT2D eigenvalue weighted by Crippen LogP contribution is 2.23. The molecule has 2 heteroatoms. The molecule has 0 heterocycles. The van der Waals surface area contributed by atoms with Crippen molar-refractivity contribution in [2.24, 2.45) is 0 Å². The number of halogens is 1. The Kier molecular flexibility index (Phi) is 4.42. The summed E-state index contributed by atoms with van der Waals surface area (Å²) in [7, 11) is 2.26. The number of hydrogen-bond donors (Lipinski definition) is 0. The molecular weight excluding hydrogens is 262 g/mol. The van der Waals surface area contributed by atoms with E-state index in [2.05, 4.69) is 52.1 Å². The third-order valence-electron chi connectivity index (χ3n) is 3.54. The van der Waals surface area contributed by atoms with Gasteiger partial charge < -0.3 is 0 Å². The predicted octanol–water partition coefficient (Wildman–Crippen LogP) is 4.21. The van der Waals surface area contributed by atoms with Gasteiger partial charge in [0.15, 0.2) is 0 Å². The van der Waals surface area contributed by atoms with E-state index in [9.17, 15) is 0 Å². The quantitative estimate of drug-likeness (QED) is 0.802. The van der Waals surface area contributed by atoms with Crippen LogP contribution in [0.1, 0.15) is 37.7 Å². The molecule has 0 aliphatic heterocycles. The summed E-state index contributed by atoms with van der Waals surface area (Å²) in [5, 5.41) is 0. The van der Waals surface area contributed by atoms with Crippen molar-refractivity contribution >= 4 is 15.9 Å². The Bertz CT molecular complexity index is 314. The van der Waals surface area contributed by atoms with Crippen LogP contribution in [0.2, 0.25) is 0 Å². The molecule has 0 atom stereocenters. The van der Waals surface area contributed by atoms with Gasteiger partial charge in [0.2, 0.25) is 0 Å². The molecule has 0 aromatic heterocycles. The minimum atomic E-state index is 0.803. The molecule has 2 rings (SSSR count). The van der Waals surface area contributed by atoms with E-state index < -0.39 is 0 Å². The van der Waals surface area contributed by atoms with Crippen LogP contribution in [0.15, 0.2) is 28.7 Å². The number of hydrogen-bond acceptors (Lipinski definition) is 1. The SMILES string of the molecule is CN(Cc1ccc(Br)cc1)C1CCCCC1. The van der Waals surface area contributed by atoms with Gasteiger partial charge in [0, 0.05) is 17.1 Å². The average Bonchev–Trinajstić information content (AvgIpc) is 2.33. The smallest absolute Gasteiger partial charge is 0.0233 e. The largest absolute Gasteiger partial charge is 0.299 e. The summed E-state index contributed by atoms with van der Waals surface area (Å²) < 4.78 is 1.16. The van der Waals surface area contributed by atoms with Crippen molar-refractivity contribution < 1.29 is 0 Å². The van der Waals surface area contributed by atoms with Crippen LogP contribution in [0.4, 0.5) is 0 Å². The Hall–Kier alpha value is -0.340. The molecule has 0 radical (unpaired) electrons. The van der Waals surface area contributed by atoms with E-state index in [1.54, 1.807) is 0 Å². The van der Waals surface area contributed by atoms with Crippen LogP contribution in [-0.2, 0) is 6.54 Å². The van der Waals surface area contributed by atoms with E-state index in [0.717, 1.165) is 17.1 Å². The van der Waals surface area contributed by atoms with Crippen molar-refractivity contribution in [3.8, 4) is 0 Å². The molecule has 16 heavy (non-hydrogen) atoms. The number of benzene rings is 1. The van der Waals surface area contributed by atoms with E-state index in [1.165, 1.54) is 37.7 Å². The lowest BCUT2D eigenvalue weighted by atomic mass is 9.94. The zero-order valence-corrected chi connectivity index (χ0v) is 11.5. The molecule has 0 N–H and O–H groups in total. The Morgan fingerprint density at radius 3 is 2.38 bits per heavy atom. The van der Waals surface area contributed by atoms with Crippen molar-refractivity contribution in [2.45, 2.75) is 44.7 Å². The summed E-state index contributed by atoms with van der Waals surface area (Å²) in [4.78, 5) is 2.52. The predicted molar refractivity (Wildman–Crippen MR) is 72.5 cm³/mol. The summed E-state index contributed by atoms with van der Waals surface area (Å²) in [6.45, 7) is 1.08. The van der Waals surface area contributed by atoms with Crippen molar-refractivity contribution in [3.05, 3.63) is 34.3 Å². The first kappa shape index (κ1) is 12.1. The summed E-state index contributed by atoms with van der Waals surface area (Å²) in [5.41, 5.74) is 1.41. The van der Waals surface area contributed by atoms with Gasteiger partial charge in [-0.25, -0.2) is 0 Å². The molecule has 1 aliphatic rings. The van der Waals surface area contributed by atoms with Crippen LogP contribution in [0.3, 0.4) is 0 Å². The van der Waals surface area contributed by atoms with Gasteiger partial charge in [0.05, 0.1) is 0 Å². The second kappa shape index (κ2) is 5.83. The third kappa shape index (κ3) is 3.33. The fourth-order valence-electron chi connectivity index (χ4n) is 2.53. The molecule has 1 nitrogen and oxygen atoms in total. The second-order valence-electron chi connectivity index (χ2n) is 4.83. The summed E-state index contributed by atoms with van der Waals surface area (Å²) in [6.07, 6.45) is 7.02. The Morgan fingerprint density at radius 1 is 1.12 bits per heavy atom. The maximum atomic E-state index is 3.47. The van der Waals surface area contributed by atoms with Crippen LogP contribution < -0.4 is 0 Å². The van der Waals surface area contributed by atoms with E-state index in [1.807, 2.05) is 0 Å².